The third-order valence-corrected chi connectivity index (χ3v) is 18.4. The van der Waals surface area contributed by atoms with E-state index in [9.17, 15) is 10.5 Å². The van der Waals surface area contributed by atoms with Crippen molar-refractivity contribution in [2.24, 2.45) is 0 Å². The van der Waals surface area contributed by atoms with Crippen LogP contribution in [0.15, 0.2) is 211 Å². The molecule has 0 saturated heterocycles. The molecule has 8 heteroatoms. The Balaban J connectivity index is 1.21. The van der Waals surface area contributed by atoms with Crippen molar-refractivity contribution >= 4 is 141 Å². The van der Waals surface area contributed by atoms with Crippen LogP contribution in [0.1, 0.15) is 43.0 Å². The van der Waals surface area contributed by atoms with Gasteiger partial charge in [0.1, 0.15) is 28.8 Å². The zero-order valence-electron chi connectivity index (χ0n) is 44.6. The molecule has 0 aliphatic rings. The molecule has 0 aliphatic carbocycles. The van der Waals surface area contributed by atoms with Gasteiger partial charge >= 0.3 is 0 Å². The summed E-state index contributed by atoms with van der Waals surface area (Å²) in [5, 5.41) is 38.3. The molecule has 0 radical (unpaired) electrons. The van der Waals surface area contributed by atoms with Gasteiger partial charge in [-0.05, 0) is 84.6 Å². The standard InChI is InChI=1S/C73H46N6OS/c1-41-29-35-61-53(37-41)50-32-34-52-48-22-10-16-28-64(48)81-72(52)69(50)79(61)70-66(76-57-23-11-5-17-43(57)44-18-6-12-24-58(44)76)55(39-74)65(56(40-75)67(70)77-59-25-13-7-19-45(59)46-20-8-14-26-60(46)77)78-62-36-30-42(73(2,3)4)38-54(62)49-31-33-51-47-21-9-15-27-63(47)80-71(51)68(49)78/h5-38H,1-4H3. The minimum absolute atomic E-state index is 0.183. The van der Waals surface area contributed by atoms with E-state index in [1.807, 2.05) is 18.2 Å². The Kier molecular flexibility index (Phi) is 9.21. The number of hydrogen-bond donors (Lipinski definition) is 0. The SMILES string of the molecule is Cc1ccc2c(c1)c1ccc3c4ccccc4sc3c1n2-c1c(-n2c3ccccc3c3ccccc32)c(C#N)c(-n2c3ccc(C(C)(C)C)cc3c3ccc4c5ccccc5oc4c32)c(C#N)c1-n1c2ccccc2c2ccccc21. The molecule has 11 aromatic carbocycles. The Morgan fingerprint density at radius 3 is 1.42 bits per heavy atom. The number of fused-ring (bicyclic) bond motifs is 20. The first kappa shape index (κ1) is 45.6. The zero-order chi connectivity index (χ0) is 54.2. The molecule has 17 rings (SSSR count). The Bertz CT molecular complexity index is 5490. The van der Waals surface area contributed by atoms with E-state index in [-0.39, 0.29) is 5.41 Å². The molecule has 7 nitrogen and oxygen atoms in total. The second kappa shape index (κ2) is 16.3. The maximum absolute atomic E-state index is 12.9. The van der Waals surface area contributed by atoms with Gasteiger partial charge in [0.2, 0.25) is 0 Å². The number of furan rings is 1. The minimum Gasteiger partial charge on any atom is -0.454 e. The van der Waals surface area contributed by atoms with E-state index in [0.717, 1.165) is 119 Å². The van der Waals surface area contributed by atoms with Crippen molar-refractivity contribution in [2.45, 2.75) is 33.1 Å². The number of rotatable bonds is 4. The number of aryl methyl sites for hydroxylation is 1. The summed E-state index contributed by atoms with van der Waals surface area (Å²) < 4.78 is 18.7. The number of hydrogen-bond acceptors (Lipinski definition) is 4. The van der Waals surface area contributed by atoms with E-state index in [4.69, 9.17) is 4.42 Å². The number of nitriles is 2. The van der Waals surface area contributed by atoms with Crippen molar-refractivity contribution in [2.75, 3.05) is 0 Å². The monoisotopic (exact) mass is 1050 g/mol. The lowest BCUT2D eigenvalue weighted by Gasteiger charge is -2.27. The van der Waals surface area contributed by atoms with Gasteiger partial charge in [0.25, 0.3) is 0 Å². The van der Waals surface area contributed by atoms with E-state index < -0.39 is 0 Å². The maximum Gasteiger partial charge on any atom is 0.160 e. The summed E-state index contributed by atoms with van der Waals surface area (Å²) in [6.45, 7) is 8.87. The van der Waals surface area contributed by atoms with Crippen LogP contribution in [0.4, 0.5) is 0 Å². The first-order chi connectivity index (χ1) is 39.7. The zero-order valence-corrected chi connectivity index (χ0v) is 45.4. The molecule has 0 amide bonds. The molecular weight excluding hydrogens is 1010 g/mol. The Morgan fingerprint density at radius 2 is 0.840 bits per heavy atom. The second-order valence-corrected chi connectivity index (χ2v) is 23.7. The lowest BCUT2D eigenvalue weighted by Crippen LogP contribution is -2.17. The number of nitrogens with zero attached hydrogens (tertiary/aromatic N) is 6. The van der Waals surface area contributed by atoms with Crippen molar-refractivity contribution < 1.29 is 4.42 Å². The van der Waals surface area contributed by atoms with Gasteiger partial charge in [0.15, 0.2) is 5.58 Å². The molecule has 81 heavy (non-hydrogen) atoms. The van der Waals surface area contributed by atoms with Gasteiger partial charge in [-0.1, -0.05) is 166 Å². The summed E-state index contributed by atoms with van der Waals surface area (Å²) in [7, 11) is 0. The lowest BCUT2D eigenvalue weighted by molar-refractivity contribution is 0.591. The highest BCUT2D eigenvalue weighted by molar-refractivity contribution is 7.26. The minimum atomic E-state index is -0.183. The van der Waals surface area contributed by atoms with E-state index in [1.54, 1.807) is 11.3 Å². The van der Waals surface area contributed by atoms with E-state index in [2.05, 4.69) is 246 Å². The fourth-order valence-corrected chi connectivity index (χ4v) is 15.0. The first-order valence-electron chi connectivity index (χ1n) is 27.5. The predicted molar refractivity (Wildman–Crippen MR) is 337 cm³/mol. The topological polar surface area (TPSA) is 80.4 Å². The molecule has 6 heterocycles. The van der Waals surface area contributed by atoms with E-state index >= 15 is 0 Å². The Morgan fingerprint density at radius 1 is 0.383 bits per heavy atom. The molecule has 0 fully saturated rings. The quantitative estimate of drug-likeness (QED) is 0.176. The smallest absolute Gasteiger partial charge is 0.160 e. The average molecular weight is 1060 g/mol. The summed E-state index contributed by atoms with van der Waals surface area (Å²) >= 11 is 1.79. The van der Waals surface area contributed by atoms with Crippen molar-refractivity contribution in [1.82, 2.24) is 18.3 Å². The summed E-state index contributed by atoms with van der Waals surface area (Å²) in [5.74, 6) is 0. The van der Waals surface area contributed by atoms with Crippen LogP contribution in [0, 0.1) is 29.6 Å². The third-order valence-electron chi connectivity index (χ3n) is 17.2. The van der Waals surface area contributed by atoms with E-state index in [1.165, 1.54) is 15.6 Å². The summed E-state index contributed by atoms with van der Waals surface area (Å²) in [5.41, 5.74) is 14.1. The van der Waals surface area contributed by atoms with Crippen LogP contribution in [0.2, 0.25) is 0 Å². The molecule has 0 aliphatic heterocycles. The second-order valence-electron chi connectivity index (χ2n) is 22.7. The molecule has 0 saturated carbocycles. The molecule has 6 aromatic heterocycles. The van der Waals surface area contributed by atoms with Gasteiger partial charge in [0.05, 0.1) is 71.6 Å². The summed E-state index contributed by atoms with van der Waals surface area (Å²) in [6, 6.07) is 79.2. The van der Waals surface area contributed by atoms with E-state index in [0.29, 0.717) is 39.5 Å². The highest BCUT2D eigenvalue weighted by atomic mass is 32.1. The number of thiophene rings is 1. The molecule has 17 aromatic rings. The molecule has 0 spiro atoms. The van der Waals surface area contributed by atoms with Crippen LogP contribution in [0.5, 0.6) is 0 Å². The van der Waals surface area contributed by atoms with Crippen LogP contribution >= 0.6 is 11.3 Å². The van der Waals surface area contributed by atoms with Crippen molar-refractivity contribution in [3.63, 3.8) is 0 Å². The first-order valence-corrected chi connectivity index (χ1v) is 28.3. The van der Waals surface area contributed by atoms with Gasteiger partial charge in [-0.3, -0.25) is 0 Å². The molecule has 0 N–H and O–H groups in total. The van der Waals surface area contributed by atoms with Gasteiger partial charge in [-0.25, -0.2) is 0 Å². The maximum atomic E-state index is 12.9. The highest BCUT2D eigenvalue weighted by Gasteiger charge is 2.36. The summed E-state index contributed by atoms with van der Waals surface area (Å²) in [6.07, 6.45) is 0. The molecule has 380 valence electrons. The predicted octanol–water partition coefficient (Wildman–Crippen LogP) is 19.7. The highest BCUT2D eigenvalue weighted by Crippen LogP contribution is 2.52. The normalized spacial score (nSPS) is 12.4. The molecule has 0 atom stereocenters. The van der Waals surface area contributed by atoms with Crippen LogP contribution in [-0.2, 0) is 5.41 Å². The van der Waals surface area contributed by atoms with Gasteiger partial charge < -0.3 is 22.7 Å². The number of aromatic nitrogens is 4. The van der Waals surface area contributed by atoms with Crippen LogP contribution in [0.25, 0.3) is 152 Å². The molecule has 0 unspecified atom stereocenters. The van der Waals surface area contributed by atoms with Crippen LogP contribution in [-0.4, -0.2) is 18.3 Å². The third kappa shape index (κ3) is 6.04. The van der Waals surface area contributed by atoms with Gasteiger partial charge in [0, 0.05) is 69.3 Å². The van der Waals surface area contributed by atoms with Crippen LogP contribution < -0.4 is 0 Å². The number of para-hydroxylation sites is 5. The molecule has 0 bridgehead atoms. The largest absolute Gasteiger partial charge is 0.454 e. The van der Waals surface area contributed by atoms with Gasteiger partial charge in [-0.15, -0.1) is 11.3 Å². The van der Waals surface area contributed by atoms with Crippen molar-refractivity contribution in [1.29, 1.82) is 10.5 Å². The van der Waals surface area contributed by atoms with Crippen molar-refractivity contribution in [3.05, 3.63) is 229 Å². The van der Waals surface area contributed by atoms with Gasteiger partial charge in [-0.2, -0.15) is 10.5 Å². The fourth-order valence-electron chi connectivity index (χ4n) is 13.7. The fraction of sp³-hybridized carbons (Fsp3) is 0.0685. The Labute approximate surface area is 467 Å². The Hall–Kier alpha value is -10.4. The average Bonchev–Trinajstić information content (AvgIpc) is 2.99. The van der Waals surface area contributed by atoms with Crippen molar-refractivity contribution in [3.8, 4) is 34.9 Å². The number of benzene rings is 11. The van der Waals surface area contributed by atoms with Crippen LogP contribution in [0.3, 0.4) is 0 Å². The summed E-state index contributed by atoms with van der Waals surface area (Å²) in [4.78, 5) is 0. The lowest BCUT2D eigenvalue weighted by atomic mass is 9.86. The molecular formula is C73H46N6OS.